The number of rotatable bonds is 12. The maximum atomic E-state index is 13.8. The topological polar surface area (TPSA) is 167 Å². The number of aromatic nitrogens is 2. The third-order valence-corrected chi connectivity index (χ3v) is 7.54. The second kappa shape index (κ2) is 12.2. The molecule has 1 aliphatic rings. The van der Waals surface area contributed by atoms with Gasteiger partial charge in [-0.2, -0.15) is 5.09 Å². The summed E-state index contributed by atoms with van der Waals surface area (Å²) >= 11 is 0. The predicted octanol–water partition coefficient (Wildman–Crippen LogP) is 1.19. The van der Waals surface area contributed by atoms with Crippen LogP contribution in [0.2, 0.25) is 0 Å². The first-order valence-electron chi connectivity index (χ1n) is 11.5. The van der Waals surface area contributed by atoms with Crippen molar-refractivity contribution in [1.82, 2.24) is 14.6 Å². The zero-order chi connectivity index (χ0) is 27.2. The average Bonchev–Trinajstić information content (AvgIpc) is 3.16. The highest BCUT2D eigenvalue weighted by molar-refractivity contribution is 7.52. The summed E-state index contributed by atoms with van der Waals surface area (Å²) in [6, 6.07) is 9.36. The van der Waals surface area contributed by atoms with E-state index < -0.39 is 61.5 Å². The van der Waals surface area contributed by atoms with Crippen LogP contribution in [-0.4, -0.2) is 65.8 Å². The van der Waals surface area contributed by atoms with Crippen molar-refractivity contribution < 1.29 is 37.7 Å². The normalized spacial score (nSPS) is 23.4. The Morgan fingerprint density at radius 3 is 2.54 bits per heavy atom. The minimum Gasteiger partial charge on any atom is -0.468 e. The fraction of sp³-hybridized carbons (Fsp3) is 0.522. The number of benzene rings is 1. The van der Waals surface area contributed by atoms with Gasteiger partial charge in [-0.05, 0) is 32.4 Å². The number of H-pyrrole nitrogens is 1. The Labute approximate surface area is 213 Å². The lowest BCUT2D eigenvalue weighted by molar-refractivity contribution is -0.146. The summed E-state index contributed by atoms with van der Waals surface area (Å²) in [5.74, 6) is -1.11. The Bertz CT molecular complexity index is 1210. The van der Waals surface area contributed by atoms with Crippen LogP contribution in [0.4, 0.5) is 0 Å². The molecule has 0 amide bonds. The van der Waals surface area contributed by atoms with Gasteiger partial charge in [-0.1, -0.05) is 18.2 Å². The molecule has 0 saturated carbocycles. The summed E-state index contributed by atoms with van der Waals surface area (Å²) < 4.78 is 42.1. The standard InChI is InChI=1S/C23H32N3O10P/c1-23(2,21(29)33-4)25-37(31,36-15-8-6-5-7-9-15)34-14-17-19(28)16(11-13-32-3)20(35-17)26-12-10-18(27)24-22(26)30/h5-10,12,16-17,19-20,28H,11,13-14H2,1-4H3,(H,25,31)(H,24,27,30)/t16-,17+,19-,20+,37?/m0/s1. The van der Waals surface area contributed by atoms with Crippen molar-refractivity contribution in [3.63, 3.8) is 0 Å². The summed E-state index contributed by atoms with van der Waals surface area (Å²) in [7, 11) is -1.55. The van der Waals surface area contributed by atoms with Crippen LogP contribution in [0.5, 0.6) is 5.75 Å². The molecular formula is C23H32N3O10P. The van der Waals surface area contributed by atoms with E-state index in [4.69, 9.17) is 23.3 Å². The Morgan fingerprint density at radius 2 is 1.92 bits per heavy atom. The molecule has 1 aliphatic heterocycles. The molecule has 14 heteroatoms. The van der Waals surface area contributed by atoms with Gasteiger partial charge in [0.2, 0.25) is 0 Å². The fourth-order valence-electron chi connectivity index (χ4n) is 3.93. The van der Waals surface area contributed by atoms with E-state index in [0.717, 1.165) is 10.6 Å². The van der Waals surface area contributed by atoms with Crippen LogP contribution in [0.3, 0.4) is 0 Å². The monoisotopic (exact) mass is 541 g/mol. The first kappa shape index (κ1) is 28.8. The molecule has 2 heterocycles. The quantitative estimate of drug-likeness (QED) is 0.261. The SMILES string of the molecule is COCC[C@H]1[C@H](O)[C@@H](COP(=O)(NC(C)(C)C(=O)OC)Oc2ccccc2)O[C@H]1n1ccc(=O)[nH]c1=O. The van der Waals surface area contributed by atoms with E-state index in [0.29, 0.717) is 6.42 Å². The molecule has 1 unspecified atom stereocenters. The number of hydrogen-bond acceptors (Lipinski definition) is 10. The summed E-state index contributed by atoms with van der Waals surface area (Å²) in [6.45, 7) is 2.73. The molecule has 1 aromatic carbocycles. The molecule has 3 N–H and O–H groups in total. The Kier molecular flexibility index (Phi) is 9.46. The number of ether oxygens (including phenoxy) is 3. The van der Waals surface area contributed by atoms with Gasteiger partial charge >= 0.3 is 19.4 Å². The maximum absolute atomic E-state index is 13.8. The van der Waals surface area contributed by atoms with Gasteiger partial charge in [0.1, 0.15) is 23.6 Å². The number of carbonyl (C=O) groups is 1. The summed E-state index contributed by atoms with van der Waals surface area (Å²) in [4.78, 5) is 38.3. The number of aliphatic hydroxyl groups is 1. The van der Waals surface area contributed by atoms with Crippen molar-refractivity contribution in [3.8, 4) is 5.75 Å². The largest absolute Gasteiger partial charge is 0.468 e. The number of carbonyl (C=O) groups excluding carboxylic acids is 1. The fourth-order valence-corrected chi connectivity index (χ4v) is 5.61. The van der Waals surface area contributed by atoms with Crippen LogP contribution in [0.15, 0.2) is 52.2 Å². The van der Waals surface area contributed by atoms with Crippen molar-refractivity contribution in [2.75, 3.05) is 27.4 Å². The molecule has 0 radical (unpaired) electrons. The molecule has 0 spiro atoms. The van der Waals surface area contributed by atoms with Gasteiger partial charge < -0.3 is 23.8 Å². The highest BCUT2D eigenvalue weighted by Crippen LogP contribution is 2.48. The molecule has 37 heavy (non-hydrogen) atoms. The molecule has 1 saturated heterocycles. The number of nitrogens with one attached hydrogen (secondary N) is 2. The van der Waals surface area contributed by atoms with Crippen molar-refractivity contribution in [3.05, 3.63) is 63.4 Å². The maximum Gasteiger partial charge on any atom is 0.459 e. The zero-order valence-corrected chi connectivity index (χ0v) is 21.9. The Balaban J connectivity index is 1.85. The molecule has 2 aromatic rings. The number of methoxy groups -OCH3 is 2. The summed E-state index contributed by atoms with van der Waals surface area (Å²) in [5.41, 5.74) is -2.75. The van der Waals surface area contributed by atoms with E-state index in [1.165, 1.54) is 34.3 Å². The molecule has 1 aromatic heterocycles. The van der Waals surface area contributed by atoms with E-state index in [2.05, 4.69) is 10.1 Å². The van der Waals surface area contributed by atoms with E-state index in [-0.39, 0.29) is 12.4 Å². The number of aromatic amines is 1. The highest BCUT2D eigenvalue weighted by atomic mass is 31.2. The van der Waals surface area contributed by atoms with Crippen molar-refractivity contribution in [2.45, 2.75) is 44.2 Å². The summed E-state index contributed by atoms with van der Waals surface area (Å²) in [6.07, 6.45) is -1.57. The Hall–Kier alpha value is -2.80. The van der Waals surface area contributed by atoms with E-state index >= 15 is 0 Å². The van der Waals surface area contributed by atoms with Crippen LogP contribution in [0.1, 0.15) is 26.5 Å². The second-order valence-corrected chi connectivity index (χ2v) is 10.6. The zero-order valence-electron chi connectivity index (χ0n) is 21.0. The van der Waals surface area contributed by atoms with Crippen molar-refractivity contribution in [1.29, 1.82) is 0 Å². The van der Waals surface area contributed by atoms with Crippen LogP contribution < -0.4 is 20.9 Å². The number of esters is 1. The number of aliphatic hydroxyl groups excluding tert-OH is 1. The molecule has 204 valence electrons. The van der Waals surface area contributed by atoms with Crippen LogP contribution in [0.25, 0.3) is 0 Å². The molecule has 5 atom stereocenters. The molecule has 3 rings (SSSR count). The van der Waals surface area contributed by atoms with Gasteiger partial charge in [0.05, 0.1) is 19.8 Å². The smallest absolute Gasteiger partial charge is 0.459 e. The summed E-state index contributed by atoms with van der Waals surface area (Å²) in [5, 5.41) is 13.6. The number of hydrogen-bond donors (Lipinski definition) is 3. The van der Waals surface area contributed by atoms with Crippen LogP contribution in [-0.2, 0) is 28.1 Å². The Morgan fingerprint density at radius 1 is 1.22 bits per heavy atom. The van der Waals surface area contributed by atoms with Crippen molar-refractivity contribution >= 4 is 13.7 Å². The molecule has 0 aliphatic carbocycles. The van der Waals surface area contributed by atoms with Crippen LogP contribution >= 0.6 is 7.75 Å². The number of nitrogens with zero attached hydrogens (tertiary/aromatic N) is 1. The number of para-hydroxylation sites is 1. The van der Waals surface area contributed by atoms with Crippen molar-refractivity contribution in [2.24, 2.45) is 5.92 Å². The molecule has 0 bridgehead atoms. The molecular weight excluding hydrogens is 509 g/mol. The predicted molar refractivity (Wildman–Crippen MR) is 131 cm³/mol. The highest BCUT2D eigenvalue weighted by Gasteiger charge is 2.47. The third-order valence-electron chi connectivity index (χ3n) is 5.77. The average molecular weight is 541 g/mol. The van der Waals surface area contributed by atoms with Gasteiger partial charge in [-0.25, -0.2) is 9.36 Å². The minimum absolute atomic E-state index is 0.211. The van der Waals surface area contributed by atoms with Gasteiger partial charge in [0, 0.05) is 31.9 Å². The lowest BCUT2D eigenvalue weighted by Gasteiger charge is -2.29. The lowest BCUT2D eigenvalue weighted by atomic mass is 9.96. The van der Waals surface area contributed by atoms with E-state index in [1.54, 1.807) is 30.3 Å². The minimum atomic E-state index is -4.24. The van der Waals surface area contributed by atoms with E-state index in [1.807, 2.05) is 0 Å². The lowest BCUT2D eigenvalue weighted by Crippen LogP contribution is -2.47. The molecule has 1 fully saturated rings. The first-order chi connectivity index (χ1) is 17.5. The van der Waals surface area contributed by atoms with Gasteiger partial charge in [-0.3, -0.25) is 23.7 Å². The van der Waals surface area contributed by atoms with Gasteiger partial charge in [0.25, 0.3) is 5.56 Å². The second-order valence-electron chi connectivity index (χ2n) is 8.94. The third kappa shape index (κ3) is 7.16. The van der Waals surface area contributed by atoms with Crippen LogP contribution in [0, 0.1) is 5.92 Å². The van der Waals surface area contributed by atoms with E-state index in [9.17, 15) is 24.1 Å². The first-order valence-corrected chi connectivity index (χ1v) is 13.0. The van der Waals surface area contributed by atoms with Gasteiger partial charge in [-0.15, -0.1) is 0 Å². The van der Waals surface area contributed by atoms with Gasteiger partial charge in [0.15, 0.2) is 0 Å². The molecule has 13 nitrogen and oxygen atoms in total.